The van der Waals surface area contributed by atoms with Crippen LogP contribution in [-0.2, 0) is 6.42 Å². The van der Waals surface area contributed by atoms with Crippen molar-refractivity contribution in [3.63, 3.8) is 0 Å². The monoisotopic (exact) mass is 265 g/mol. The Kier molecular flexibility index (Phi) is 4.17. The normalized spacial score (nSPS) is 16.1. The largest absolute Gasteiger partial charge is 0.309 e. The molecule has 0 spiro atoms. The zero-order valence-corrected chi connectivity index (χ0v) is 12.2. The highest BCUT2D eigenvalue weighted by atomic mass is 14.9. The molecule has 0 heterocycles. The lowest BCUT2D eigenvalue weighted by atomic mass is 10.0. The van der Waals surface area contributed by atoms with E-state index in [0.29, 0.717) is 6.04 Å². The third-order valence-corrected chi connectivity index (χ3v) is 4.15. The first-order chi connectivity index (χ1) is 9.83. The Bertz CT molecular complexity index is 525. The van der Waals surface area contributed by atoms with Crippen molar-refractivity contribution in [2.75, 3.05) is 6.54 Å². The van der Waals surface area contributed by atoms with E-state index in [1.54, 1.807) is 0 Å². The van der Waals surface area contributed by atoms with Crippen LogP contribution in [0.2, 0.25) is 0 Å². The lowest BCUT2D eigenvalue weighted by molar-refractivity contribution is 0.484. The number of nitrogens with one attached hydrogen (secondary N) is 1. The Labute approximate surface area is 122 Å². The van der Waals surface area contributed by atoms with Gasteiger partial charge in [-0.15, -0.1) is 0 Å². The number of rotatable bonds is 6. The molecule has 1 unspecified atom stereocenters. The van der Waals surface area contributed by atoms with Gasteiger partial charge in [-0.3, -0.25) is 0 Å². The smallest absolute Gasteiger partial charge is 0.0348 e. The Morgan fingerprint density at radius 1 is 1.00 bits per heavy atom. The van der Waals surface area contributed by atoms with E-state index in [4.69, 9.17) is 0 Å². The van der Waals surface area contributed by atoms with Crippen LogP contribution in [0.3, 0.4) is 0 Å². The molecule has 2 aromatic carbocycles. The predicted octanol–water partition coefficient (Wildman–Crippen LogP) is 4.28. The van der Waals surface area contributed by atoms with E-state index >= 15 is 0 Å². The summed E-state index contributed by atoms with van der Waals surface area (Å²) in [4.78, 5) is 0. The van der Waals surface area contributed by atoms with Crippen LogP contribution in [0.5, 0.6) is 0 Å². The number of benzene rings is 2. The molecule has 0 bridgehead atoms. The van der Waals surface area contributed by atoms with E-state index in [9.17, 15) is 0 Å². The van der Waals surface area contributed by atoms with Gasteiger partial charge in [0.2, 0.25) is 0 Å². The standard InChI is InChI=1S/C19H23N/c1-15-7-9-17(10-8-15)19(18-11-12-18)20-14-13-16-5-3-2-4-6-16/h2-10,18-20H,11-14H2,1H3. The fraction of sp³-hybridized carbons (Fsp3) is 0.368. The van der Waals surface area contributed by atoms with Crippen molar-refractivity contribution in [3.8, 4) is 0 Å². The summed E-state index contributed by atoms with van der Waals surface area (Å²) in [6.45, 7) is 3.21. The second-order valence-corrected chi connectivity index (χ2v) is 5.92. The van der Waals surface area contributed by atoms with Crippen molar-refractivity contribution in [2.24, 2.45) is 5.92 Å². The second kappa shape index (κ2) is 6.23. The van der Waals surface area contributed by atoms with Crippen LogP contribution in [0.15, 0.2) is 54.6 Å². The van der Waals surface area contributed by atoms with Gasteiger partial charge in [0, 0.05) is 6.04 Å². The van der Waals surface area contributed by atoms with Gasteiger partial charge in [-0.05, 0) is 49.8 Å². The average molecular weight is 265 g/mol. The van der Waals surface area contributed by atoms with Crippen molar-refractivity contribution in [3.05, 3.63) is 71.3 Å². The molecule has 0 amide bonds. The molecule has 0 aromatic heterocycles. The van der Waals surface area contributed by atoms with Gasteiger partial charge >= 0.3 is 0 Å². The summed E-state index contributed by atoms with van der Waals surface area (Å²) in [7, 11) is 0. The van der Waals surface area contributed by atoms with Crippen molar-refractivity contribution >= 4 is 0 Å². The number of hydrogen-bond acceptors (Lipinski definition) is 1. The van der Waals surface area contributed by atoms with E-state index in [-0.39, 0.29) is 0 Å². The van der Waals surface area contributed by atoms with E-state index in [2.05, 4.69) is 66.8 Å². The van der Waals surface area contributed by atoms with Crippen LogP contribution in [-0.4, -0.2) is 6.54 Å². The Morgan fingerprint density at radius 3 is 2.35 bits per heavy atom. The fourth-order valence-electron chi connectivity index (χ4n) is 2.78. The highest BCUT2D eigenvalue weighted by Crippen LogP contribution is 2.40. The lowest BCUT2D eigenvalue weighted by Gasteiger charge is -2.19. The molecule has 20 heavy (non-hydrogen) atoms. The highest BCUT2D eigenvalue weighted by Gasteiger charge is 2.31. The molecular weight excluding hydrogens is 242 g/mol. The molecule has 0 aliphatic heterocycles. The van der Waals surface area contributed by atoms with Crippen LogP contribution in [0, 0.1) is 12.8 Å². The van der Waals surface area contributed by atoms with Gasteiger partial charge in [-0.25, -0.2) is 0 Å². The minimum absolute atomic E-state index is 0.541. The van der Waals surface area contributed by atoms with Crippen LogP contribution in [0.4, 0.5) is 0 Å². The molecule has 1 aliphatic carbocycles. The summed E-state index contributed by atoms with van der Waals surface area (Å²) in [5.74, 6) is 0.841. The van der Waals surface area contributed by atoms with Gasteiger partial charge in [0.25, 0.3) is 0 Å². The minimum atomic E-state index is 0.541. The van der Waals surface area contributed by atoms with E-state index in [1.165, 1.54) is 29.5 Å². The molecule has 0 saturated heterocycles. The lowest BCUT2D eigenvalue weighted by Crippen LogP contribution is -2.25. The maximum absolute atomic E-state index is 3.77. The average Bonchev–Trinajstić information content (AvgIpc) is 3.31. The van der Waals surface area contributed by atoms with Crippen molar-refractivity contribution < 1.29 is 0 Å². The topological polar surface area (TPSA) is 12.0 Å². The van der Waals surface area contributed by atoms with Crippen LogP contribution in [0.1, 0.15) is 35.6 Å². The van der Waals surface area contributed by atoms with Gasteiger partial charge in [-0.1, -0.05) is 60.2 Å². The zero-order valence-electron chi connectivity index (χ0n) is 12.2. The molecule has 1 nitrogen and oxygen atoms in total. The molecule has 104 valence electrons. The van der Waals surface area contributed by atoms with Crippen LogP contribution in [0.25, 0.3) is 0 Å². The maximum atomic E-state index is 3.77. The predicted molar refractivity (Wildman–Crippen MR) is 84.8 cm³/mol. The molecule has 2 aromatic rings. The molecular formula is C19H23N. The summed E-state index contributed by atoms with van der Waals surface area (Å²) in [6, 6.07) is 20.3. The first-order valence-corrected chi connectivity index (χ1v) is 7.67. The van der Waals surface area contributed by atoms with Gasteiger partial charge in [0.1, 0.15) is 0 Å². The van der Waals surface area contributed by atoms with Gasteiger partial charge in [-0.2, -0.15) is 0 Å². The van der Waals surface area contributed by atoms with Crippen molar-refractivity contribution in [1.82, 2.24) is 5.32 Å². The quantitative estimate of drug-likeness (QED) is 0.822. The summed E-state index contributed by atoms with van der Waals surface area (Å²) < 4.78 is 0. The van der Waals surface area contributed by atoms with E-state index in [0.717, 1.165) is 18.9 Å². The molecule has 0 radical (unpaired) electrons. The fourth-order valence-corrected chi connectivity index (χ4v) is 2.78. The first-order valence-electron chi connectivity index (χ1n) is 7.67. The summed E-state index contributed by atoms with van der Waals surface area (Å²) in [5.41, 5.74) is 4.21. The van der Waals surface area contributed by atoms with Gasteiger partial charge in [0.05, 0.1) is 0 Å². The van der Waals surface area contributed by atoms with Crippen LogP contribution >= 0.6 is 0 Å². The Hall–Kier alpha value is -1.60. The molecule has 3 rings (SSSR count). The van der Waals surface area contributed by atoms with Crippen molar-refractivity contribution in [2.45, 2.75) is 32.2 Å². The maximum Gasteiger partial charge on any atom is 0.0348 e. The number of hydrogen-bond donors (Lipinski definition) is 1. The highest BCUT2D eigenvalue weighted by molar-refractivity contribution is 5.25. The summed E-state index contributed by atoms with van der Waals surface area (Å²) in [5, 5.41) is 3.77. The molecule has 1 aliphatic rings. The van der Waals surface area contributed by atoms with E-state index < -0.39 is 0 Å². The van der Waals surface area contributed by atoms with Crippen molar-refractivity contribution in [1.29, 1.82) is 0 Å². The molecule has 1 fully saturated rings. The van der Waals surface area contributed by atoms with E-state index in [1.807, 2.05) is 0 Å². The third-order valence-electron chi connectivity index (χ3n) is 4.15. The summed E-state index contributed by atoms with van der Waals surface area (Å²) >= 11 is 0. The third kappa shape index (κ3) is 3.49. The molecule has 1 heteroatoms. The summed E-state index contributed by atoms with van der Waals surface area (Å²) in [6.07, 6.45) is 3.85. The SMILES string of the molecule is Cc1ccc(C(NCCc2ccccc2)C2CC2)cc1. The first kappa shape index (κ1) is 13.4. The minimum Gasteiger partial charge on any atom is -0.309 e. The van der Waals surface area contributed by atoms with Crippen LogP contribution < -0.4 is 5.32 Å². The molecule has 1 saturated carbocycles. The Balaban J connectivity index is 1.59. The number of aryl methyl sites for hydroxylation is 1. The zero-order chi connectivity index (χ0) is 13.8. The molecule has 1 atom stereocenters. The Morgan fingerprint density at radius 2 is 1.70 bits per heavy atom. The van der Waals surface area contributed by atoms with Gasteiger partial charge in [0.15, 0.2) is 0 Å². The van der Waals surface area contributed by atoms with Gasteiger partial charge < -0.3 is 5.32 Å². The second-order valence-electron chi connectivity index (χ2n) is 5.92. The molecule has 1 N–H and O–H groups in total.